The first-order chi connectivity index (χ1) is 13.6. The molecule has 4 rings (SSSR count). The van der Waals surface area contributed by atoms with Crippen molar-refractivity contribution < 1.29 is 9.18 Å². The lowest BCUT2D eigenvalue weighted by Gasteiger charge is -2.14. The van der Waals surface area contributed by atoms with Gasteiger partial charge in [-0.2, -0.15) is 5.10 Å². The lowest BCUT2D eigenvalue weighted by Crippen LogP contribution is -2.25. The number of carbonyl (C=O) groups is 1. The van der Waals surface area contributed by atoms with Gasteiger partial charge in [0.25, 0.3) is 5.91 Å². The summed E-state index contributed by atoms with van der Waals surface area (Å²) >= 11 is 0. The molecule has 0 spiro atoms. The molecule has 0 aliphatic carbocycles. The fourth-order valence-corrected chi connectivity index (χ4v) is 3.15. The highest BCUT2D eigenvalue weighted by Crippen LogP contribution is 2.18. The van der Waals surface area contributed by atoms with Crippen molar-refractivity contribution in [2.45, 2.75) is 6.54 Å². The van der Waals surface area contributed by atoms with Crippen molar-refractivity contribution >= 4 is 33.9 Å². The fourth-order valence-electron chi connectivity index (χ4n) is 3.15. The predicted molar refractivity (Wildman–Crippen MR) is 108 cm³/mol. The average Bonchev–Trinajstić information content (AvgIpc) is 2.72. The Kier molecular flexibility index (Phi) is 4.68. The lowest BCUT2D eigenvalue weighted by molar-refractivity contribution is -0.121. The molecule has 1 aromatic heterocycles. The third-order valence-corrected chi connectivity index (χ3v) is 4.45. The highest BCUT2D eigenvalue weighted by molar-refractivity contribution is 5.95. The molecule has 0 fully saturated rings. The molecule has 6 heteroatoms. The second-order valence-electron chi connectivity index (χ2n) is 6.29. The zero-order chi connectivity index (χ0) is 19.5. The van der Waals surface area contributed by atoms with Crippen molar-refractivity contribution in [1.82, 2.24) is 9.99 Å². The molecule has 0 unspecified atom stereocenters. The second-order valence-corrected chi connectivity index (χ2v) is 6.29. The minimum Gasteiger partial charge on any atom is -0.331 e. The zero-order valence-corrected chi connectivity index (χ0v) is 14.8. The van der Waals surface area contributed by atoms with Crippen LogP contribution in [0.2, 0.25) is 0 Å². The third-order valence-electron chi connectivity index (χ3n) is 4.45. The van der Waals surface area contributed by atoms with Crippen LogP contribution in [-0.2, 0) is 11.3 Å². The van der Waals surface area contributed by atoms with E-state index in [9.17, 15) is 14.0 Å². The summed E-state index contributed by atoms with van der Waals surface area (Å²) in [5.74, 6) is -0.671. The van der Waals surface area contributed by atoms with E-state index in [0.29, 0.717) is 27.4 Å². The summed E-state index contributed by atoms with van der Waals surface area (Å²) in [6.45, 7) is 0.00205. The van der Waals surface area contributed by atoms with E-state index in [2.05, 4.69) is 10.5 Å². The smallest absolute Gasteiger partial charge is 0.260 e. The van der Waals surface area contributed by atoms with Gasteiger partial charge in [0.05, 0.1) is 17.2 Å². The van der Waals surface area contributed by atoms with Gasteiger partial charge in [-0.15, -0.1) is 0 Å². The molecule has 5 nitrogen and oxygen atoms in total. The number of fused-ring (bicyclic) bond motifs is 2. The van der Waals surface area contributed by atoms with Gasteiger partial charge >= 0.3 is 0 Å². The first-order valence-corrected chi connectivity index (χ1v) is 8.71. The Morgan fingerprint density at radius 1 is 0.929 bits per heavy atom. The number of nitrogens with one attached hydrogen (secondary N) is 1. The number of rotatable bonds is 4. The van der Waals surface area contributed by atoms with Gasteiger partial charge < -0.3 is 4.57 Å². The number of amides is 1. The Balaban J connectivity index is 1.65. The van der Waals surface area contributed by atoms with Crippen molar-refractivity contribution in [2.24, 2.45) is 5.10 Å². The molecular formula is C22H16FN3O2. The molecule has 3 aromatic carbocycles. The van der Waals surface area contributed by atoms with Gasteiger partial charge in [0.15, 0.2) is 5.43 Å². The van der Waals surface area contributed by atoms with E-state index in [1.807, 2.05) is 24.3 Å². The minimum atomic E-state index is -0.336. The van der Waals surface area contributed by atoms with Crippen molar-refractivity contribution in [1.29, 1.82) is 0 Å². The van der Waals surface area contributed by atoms with E-state index in [0.717, 1.165) is 0 Å². The van der Waals surface area contributed by atoms with Crippen LogP contribution in [0.1, 0.15) is 5.56 Å². The maximum atomic E-state index is 12.9. The topological polar surface area (TPSA) is 63.5 Å². The van der Waals surface area contributed by atoms with Gasteiger partial charge in [-0.25, -0.2) is 9.82 Å². The Morgan fingerprint density at radius 3 is 2.11 bits per heavy atom. The molecule has 138 valence electrons. The highest BCUT2D eigenvalue weighted by atomic mass is 19.1. The summed E-state index contributed by atoms with van der Waals surface area (Å²) in [6.07, 6.45) is 1.44. The molecule has 0 saturated heterocycles. The summed E-state index contributed by atoms with van der Waals surface area (Å²) in [5.41, 5.74) is 4.45. The maximum absolute atomic E-state index is 12.9. The van der Waals surface area contributed by atoms with Crippen LogP contribution in [0.4, 0.5) is 4.39 Å². The Bertz CT molecular complexity index is 1200. The van der Waals surface area contributed by atoms with Crippen LogP contribution in [0.15, 0.2) is 82.7 Å². The standard InChI is InChI=1S/C22H16FN3O2/c23-16-11-9-15(10-12-16)13-24-25-21(27)14-26-19-7-3-1-5-17(19)22(28)18-6-2-4-8-20(18)26/h1-13H,14H2,(H,25,27)/b24-13+. The Labute approximate surface area is 159 Å². The van der Waals surface area contributed by atoms with Crippen LogP contribution >= 0.6 is 0 Å². The van der Waals surface area contributed by atoms with Crippen LogP contribution in [0.25, 0.3) is 21.8 Å². The van der Waals surface area contributed by atoms with Crippen molar-refractivity contribution in [3.8, 4) is 0 Å². The van der Waals surface area contributed by atoms with E-state index in [-0.39, 0.29) is 23.7 Å². The van der Waals surface area contributed by atoms with Gasteiger partial charge in [-0.1, -0.05) is 36.4 Å². The summed E-state index contributed by atoms with van der Waals surface area (Å²) < 4.78 is 14.7. The Morgan fingerprint density at radius 2 is 1.50 bits per heavy atom. The normalized spacial score (nSPS) is 11.3. The predicted octanol–water partition coefficient (Wildman–Crippen LogP) is 3.44. The summed E-state index contributed by atoms with van der Waals surface area (Å²) in [7, 11) is 0. The number of benzene rings is 3. The van der Waals surface area contributed by atoms with Gasteiger partial charge in [0.2, 0.25) is 0 Å². The van der Waals surface area contributed by atoms with Crippen LogP contribution in [0.5, 0.6) is 0 Å². The van der Waals surface area contributed by atoms with Crippen LogP contribution in [0.3, 0.4) is 0 Å². The molecule has 1 N–H and O–H groups in total. The number of hydrogen-bond acceptors (Lipinski definition) is 3. The number of nitrogens with zero attached hydrogens (tertiary/aromatic N) is 2. The average molecular weight is 373 g/mol. The number of halogens is 1. The number of aromatic nitrogens is 1. The quantitative estimate of drug-likeness (QED) is 0.338. The van der Waals surface area contributed by atoms with Gasteiger partial charge in [0, 0.05) is 10.8 Å². The molecular weight excluding hydrogens is 357 g/mol. The first kappa shape index (κ1) is 17.6. The van der Waals surface area contributed by atoms with E-state index in [4.69, 9.17) is 0 Å². The van der Waals surface area contributed by atoms with Crippen LogP contribution < -0.4 is 10.9 Å². The molecule has 0 atom stereocenters. The fraction of sp³-hybridized carbons (Fsp3) is 0.0455. The molecule has 1 amide bonds. The summed E-state index contributed by atoms with van der Waals surface area (Å²) in [4.78, 5) is 25.2. The first-order valence-electron chi connectivity index (χ1n) is 8.71. The number of hydrogen-bond donors (Lipinski definition) is 1. The number of para-hydroxylation sites is 2. The molecule has 4 aromatic rings. The molecule has 0 radical (unpaired) electrons. The molecule has 1 heterocycles. The molecule has 0 saturated carbocycles. The van der Waals surface area contributed by atoms with E-state index in [1.165, 1.54) is 18.3 Å². The largest absolute Gasteiger partial charge is 0.331 e. The van der Waals surface area contributed by atoms with Crippen molar-refractivity contribution in [3.05, 3.63) is 94.4 Å². The van der Waals surface area contributed by atoms with E-state index in [1.54, 1.807) is 41.0 Å². The summed E-state index contributed by atoms with van der Waals surface area (Å²) in [6, 6.07) is 20.2. The highest BCUT2D eigenvalue weighted by Gasteiger charge is 2.12. The SMILES string of the molecule is O=C(Cn1c2ccccc2c(=O)c2ccccc21)N/N=C/c1ccc(F)cc1. The van der Waals surface area contributed by atoms with Crippen molar-refractivity contribution in [2.75, 3.05) is 0 Å². The van der Waals surface area contributed by atoms with Gasteiger partial charge in [-0.05, 0) is 42.0 Å². The van der Waals surface area contributed by atoms with Crippen LogP contribution in [0, 0.1) is 5.82 Å². The Hall–Kier alpha value is -3.80. The van der Waals surface area contributed by atoms with E-state index < -0.39 is 0 Å². The van der Waals surface area contributed by atoms with Crippen molar-refractivity contribution in [3.63, 3.8) is 0 Å². The third kappa shape index (κ3) is 3.40. The summed E-state index contributed by atoms with van der Waals surface area (Å²) in [5, 5.41) is 5.04. The molecule has 0 aliphatic rings. The van der Waals surface area contributed by atoms with E-state index >= 15 is 0 Å². The van der Waals surface area contributed by atoms with Gasteiger partial charge in [-0.3, -0.25) is 9.59 Å². The number of carbonyl (C=O) groups excluding carboxylic acids is 1. The molecule has 28 heavy (non-hydrogen) atoms. The number of pyridine rings is 1. The zero-order valence-electron chi connectivity index (χ0n) is 14.8. The number of hydrazone groups is 1. The molecule has 0 aliphatic heterocycles. The lowest BCUT2D eigenvalue weighted by atomic mass is 10.1. The molecule has 0 bridgehead atoms. The van der Waals surface area contributed by atoms with Gasteiger partial charge in [0.1, 0.15) is 12.4 Å². The minimum absolute atomic E-state index is 0.00205. The second kappa shape index (κ2) is 7.44. The monoisotopic (exact) mass is 373 g/mol. The van der Waals surface area contributed by atoms with Crippen LogP contribution in [-0.4, -0.2) is 16.7 Å². The maximum Gasteiger partial charge on any atom is 0.260 e.